The second kappa shape index (κ2) is 9.09. The molecule has 3 aromatic rings. The van der Waals surface area contributed by atoms with Gasteiger partial charge in [-0.3, -0.25) is 9.89 Å². The smallest absolute Gasteiger partial charge is 0.330 e. The fraction of sp³-hybridized carbons (Fsp3) is 0.294. The fourth-order valence-electron chi connectivity index (χ4n) is 2.28. The van der Waals surface area contributed by atoms with E-state index in [1.165, 1.54) is 23.7 Å². The number of aromatic amines is 1. The predicted octanol–water partition coefficient (Wildman–Crippen LogP) is 3.53. The number of alkyl halides is 4. The Morgan fingerprint density at radius 2 is 2.17 bits per heavy atom. The maximum absolute atomic E-state index is 12.9. The number of amides is 1. The molecule has 1 amide bonds. The number of carbonyl (C=O) groups excluding carboxylic acids is 1. The van der Waals surface area contributed by atoms with Crippen LogP contribution in [0.5, 0.6) is 0 Å². The van der Waals surface area contributed by atoms with Gasteiger partial charge in [-0.1, -0.05) is 12.1 Å². The molecule has 0 saturated heterocycles. The molecule has 0 aliphatic rings. The third kappa shape index (κ3) is 5.81. The molecule has 0 aliphatic carbocycles. The minimum absolute atomic E-state index is 0.0198. The van der Waals surface area contributed by atoms with Gasteiger partial charge in [0, 0.05) is 11.1 Å². The van der Waals surface area contributed by atoms with Crippen LogP contribution >= 0.6 is 11.3 Å². The number of aromatic nitrogens is 4. The van der Waals surface area contributed by atoms with Crippen LogP contribution in [0, 0.1) is 0 Å². The molecule has 0 unspecified atom stereocenters. The zero-order valence-corrected chi connectivity index (χ0v) is 15.6. The van der Waals surface area contributed by atoms with Gasteiger partial charge in [0.25, 0.3) is 0 Å². The lowest BCUT2D eigenvalue weighted by molar-refractivity contribution is -0.168. The molecule has 29 heavy (non-hydrogen) atoms. The van der Waals surface area contributed by atoms with Crippen LogP contribution in [0.25, 0.3) is 10.8 Å². The van der Waals surface area contributed by atoms with Gasteiger partial charge in [-0.25, -0.2) is 18.7 Å². The molecular weight excluding hydrogens is 414 g/mol. The number of H-pyrrole nitrogens is 1. The van der Waals surface area contributed by atoms with Crippen LogP contribution in [-0.2, 0) is 22.6 Å². The van der Waals surface area contributed by atoms with Crippen LogP contribution in [0.3, 0.4) is 0 Å². The summed E-state index contributed by atoms with van der Waals surface area (Å²) in [7, 11) is 0. The van der Waals surface area contributed by atoms with Crippen molar-refractivity contribution in [2.24, 2.45) is 0 Å². The maximum atomic E-state index is 12.9. The quantitative estimate of drug-likeness (QED) is 0.508. The van der Waals surface area contributed by atoms with Gasteiger partial charge in [-0.05, 0) is 17.7 Å². The molecule has 0 radical (unpaired) electrons. The van der Waals surface area contributed by atoms with Gasteiger partial charge >= 0.3 is 12.3 Å². The molecule has 2 heterocycles. The second-order valence-electron chi connectivity index (χ2n) is 5.96. The first kappa shape index (κ1) is 20.9. The lowest BCUT2D eigenvalue weighted by atomic mass is 10.2. The Bertz CT molecular complexity index is 949. The summed E-state index contributed by atoms with van der Waals surface area (Å²) in [6, 6.07) is 6.28. The third-order valence-corrected chi connectivity index (χ3v) is 4.50. The Balaban J connectivity index is 1.52. The largest absolute Gasteiger partial charge is 0.370 e. The number of halogens is 4. The number of ether oxygens (including phenoxy) is 1. The summed E-state index contributed by atoms with van der Waals surface area (Å²) in [5.41, 5.74) is 1.42. The standard InChI is InChI=1S/C17H15F4N5O2S/c18-16(19)17(20,21)8-28-6-10-2-1-3-11(4-10)24-13(27)5-12-7-29-15(25-12)14-22-9-23-26-14/h1-4,7,9,16H,5-6,8H2,(H,24,27)(H,22,23,26). The van der Waals surface area contributed by atoms with Crippen molar-refractivity contribution in [2.45, 2.75) is 25.4 Å². The summed E-state index contributed by atoms with van der Waals surface area (Å²) >= 11 is 1.31. The van der Waals surface area contributed by atoms with Crippen LogP contribution in [0.15, 0.2) is 36.0 Å². The first-order chi connectivity index (χ1) is 13.8. The van der Waals surface area contributed by atoms with Crippen molar-refractivity contribution < 1.29 is 27.1 Å². The number of benzene rings is 1. The van der Waals surface area contributed by atoms with Crippen LogP contribution in [0.4, 0.5) is 23.2 Å². The van der Waals surface area contributed by atoms with E-state index >= 15 is 0 Å². The molecule has 2 N–H and O–H groups in total. The molecule has 0 fully saturated rings. The monoisotopic (exact) mass is 429 g/mol. The van der Waals surface area contributed by atoms with E-state index in [4.69, 9.17) is 0 Å². The number of rotatable bonds is 9. The summed E-state index contributed by atoms with van der Waals surface area (Å²) in [4.78, 5) is 20.5. The molecule has 0 saturated carbocycles. The fourth-order valence-corrected chi connectivity index (χ4v) is 3.05. The molecule has 2 aromatic heterocycles. The Morgan fingerprint density at radius 1 is 1.34 bits per heavy atom. The van der Waals surface area contributed by atoms with Crippen molar-refractivity contribution in [3.8, 4) is 10.8 Å². The van der Waals surface area contributed by atoms with Gasteiger partial charge in [0.05, 0.1) is 18.7 Å². The summed E-state index contributed by atoms with van der Waals surface area (Å²) in [6.45, 7) is -1.68. The second-order valence-corrected chi connectivity index (χ2v) is 6.82. The Morgan fingerprint density at radius 3 is 2.90 bits per heavy atom. The van der Waals surface area contributed by atoms with Crippen molar-refractivity contribution >= 4 is 22.9 Å². The molecule has 0 atom stereocenters. The number of nitrogens with one attached hydrogen (secondary N) is 2. The van der Waals surface area contributed by atoms with Crippen LogP contribution in [-0.4, -0.2) is 45.0 Å². The first-order valence-corrected chi connectivity index (χ1v) is 9.14. The van der Waals surface area contributed by atoms with Gasteiger partial charge in [0.1, 0.15) is 12.9 Å². The van der Waals surface area contributed by atoms with Gasteiger partial charge in [0.2, 0.25) is 5.91 Å². The normalized spacial score (nSPS) is 11.8. The summed E-state index contributed by atoms with van der Waals surface area (Å²) in [6.07, 6.45) is -2.41. The number of carbonyl (C=O) groups is 1. The minimum atomic E-state index is -4.20. The summed E-state index contributed by atoms with van der Waals surface area (Å²) in [5, 5.41) is 11.4. The highest BCUT2D eigenvalue weighted by Crippen LogP contribution is 2.24. The summed E-state index contributed by atoms with van der Waals surface area (Å²) < 4.78 is 54.6. The molecule has 7 nitrogen and oxygen atoms in total. The molecule has 0 bridgehead atoms. The third-order valence-electron chi connectivity index (χ3n) is 3.60. The van der Waals surface area contributed by atoms with Gasteiger partial charge < -0.3 is 10.1 Å². The molecule has 3 rings (SSSR count). The van der Waals surface area contributed by atoms with Gasteiger partial charge in [-0.2, -0.15) is 13.9 Å². The Hall–Kier alpha value is -2.86. The van der Waals surface area contributed by atoms with Gasteiger partial charge in [0.15, 0.2) is 10.8 Å². The highest BCUT2D eigenvalue weighted by molar-refractivity contribution is 7.13. The van der Waals surface area contributed by atoms with Crippen molar-refractivity contribution in [3.63, 3.8) is 0 Å². The van der Waals surface area contributed by atoms with Crippen LogP contribution in [0.2, 0.25) is 0 Å². The van der Waals surface area contributed by atoms with Crippen LogP contribution < -0.4 is 5.32 Å². The van der Waals surface area contributed by atoms with E-state index in [2.05, 4.69) is 30.2 Å². The number of hydrogen-bond donors (Lipinski definition) is 2. The van der Waals surface area contributed by atoms with Crippen molar-refractivity contribution in [1.29, 1.82) is 0 Å². The van der Waals surface area contributed by atoms with E-state index < -0.39 is 19.0 Å². The zero-order chi connectivity index (χ0) is 20.9. The van der Waals surface area contributed by atoms with E-state index in [0.29, 0.717) is 27.8 Å². The van der Waals surface area contributed by atoms with E-state index in [1.807, 2.05) is 0 Å². The predicted molar refractivity (Wildman–Crippen MR) is 96.9 cm³/mol. The minimum Gasteiger partial charge on any atom is -0.370 e. The molecule has 1 aromatic carbocycles. The highest BCUT2D eigenvalue weighted by atomic mass is 32.1. The number of anilines is 1. The lowest BCUT2D eigenvalue weighted by Crippen LogP contribution is -2.32. The topological polar surface area (TPSA) is 92.8 Å². The van der Waals surface area contributed by atoms with E-state index in [0.717, 1.165) is 0 Å². The maximum Gasteiger partial charge on any atom is 0.330 e. The number of hydrogen-bond acceptors (Lipinski definition) is 6. The molecule has 0 spiro atoms. The van der Waals surface area contributed by atoms with Crippen molar-refractivity contribution in [3.05, 3.63) is 47.2 Å². The average Bonchev–Trinajstić information content (AvgIpc) is 3.33. The number of nitrogens with zero attached hydrogens (tertiary/aromatic N) is 3. The Labute approximate surface area is 166 Å². The summed E-state index contributed by atoms with van der Waals surface area (Å²) in [5.74, 6) is -4.03. The molecule has 154 valence electrons. The molecular formula is C17H15F4N5O2S. The van der Waals surface area contributed by atoms with Crippen molar-refractivity contribution in [2.75, 3.05) is 11.9 Å². The zero-order valence-electron chi connectivity index (χ0n) is 14.7. The lowest BCUT2D eigenvalue weighted by Gasteiger charge is -2.15. The SMILES string of the molecule is O=C(Cc1csc(-c2ncn[nH]2)n1)Nc1cccc(COCC(F)(F)C(F)F)c1. The van der Waals surface area contributed by atoms with Gasteiger partial charge in [-0.15, -0.1) is 11.3 Å². The van der Waals surface area contributed by atoms with E-state index in [9.17, 15) is 22.4 Å². The number of thiazole rings is 1. The molecule has 12 heteroatoms. The van der Waals surface area contributed by atoms with Crippen molar-refractivity contribution in [1.82, 2.24) is 20.2 Å². The first-order valence-electron chi connectivity index (χ1n) is 8.26. The van der Waals surface area contributed by atoms with E-state index in [1.54, 1.807) is 23.6 Å². The van der Waals surface area contributed by atoms with E-state index in [-0.39, 0.29) is 18.9 Å². The Kier molecular flexibility index (Phi) is 6.54. The highest BCUT2D eigenvalue weighted by Gasteiger charge is 2.40. The van der Waals surface area contributed by atoms with Crippen LogP contribution in [0.1, 0.15) is 11.3 Å². The average molecular weight is 429 g/mol. The molecule has 0 aliphatic heterocycles.